The van der Waals surface area contributed by atoms with Crippen molar-refractivity contribution in [3.63, 3.8) is 0 Å². The molecule has 0 atom stereocenters. The van der Waals surface area contributed by atoms with E-state index in [2.05, 4.69) is 20.5 Å². The summed E-state index contributed by atoms with van der Waals surface area (Å²) in [6.45, 7) is 0. The molecule has 0 fully saturated rings. The van der Waals surface area contributed by atoms with Crippen LogP contribution in [0.25, 0.3) is 16.9 Å². The van der Waals surface area contributed by atoms with Crippen LogP contribution in [0, 0.1) is 5.82 Å². The lowest BCUT2D eigenvalue weighted by Gasteiger charge is -2.02. The lowest BCUT2D eigenvalue weighted by Crippen LogP contribution is -2.14. The molecule has 1 N–H and O–H groups in total. The summed E-state index contributed by atoms with van der Waals surface area (Å²) in [6.07, 6.45) is 1.64. The number of carbonyl (C=O) groups is 1. The van der Waals surface area contributed by atoms with Gasteiger partial charge < -0.3 is 5.32 Å². The monoisotopic (exact) mass is 453 g/mol. The molecule has 0 radical (unpaired) electrons. The minimum Gasteiger partial charge on any atom is -0.301 e. The van der Waals surface area contributed by atoms with Gasteiger partial charge in [0.05, 0.1) is 21.5 Å². The number of halogens is 3. The highest BCUT2D eigenvalue weighted by atomic mass is 35.5. The highest BCUT2D eigenvalue weighted by Crippen LogP contribution is 2.27. The molecule has 4 aromatic rings. The van der Waals surface area contributed by atoms with Gasteiger partial charge in [-0.25, -0.2) is 9.37 Å². The Balaban J connectivity index is 1.41. The maximum absolute atomic E-state index is 13.0. The average molecular weight is 454 g/mol. The SMILES string of the molecule is O=C(CSc1nnc2c(Cl)cc(Cl)cn12)Nc1nc(-c2ccc(F)cc2)cs1. The van der Waals surface area contributed by atoms with Crippen LogP contribution in [0.2, 0.25) is 10.0 Å². The van der Waals surface area contributed by atoms with Gasteiger partial charge >= 0.3 is 0 Å². The largest absolute Gasteiger partial charge is 0.301 e. The molecule has 28 heavy (non-hydrogen) atoms. The van der Waals surface area contributed by atoms with E-state index in [0.717, 1.165) is 5.56 Å². The summed E-state index contributed by atoms with van der Waals surface area (Å²) >= 11 is 14.6. The van der Waals surface area contributed by atoms with Gasteiger partial charge in [-0.2, -0.15) is 0 Å². The third-order valence-electron chi connectivity index (χ3n) is 3.62. The average Bonchev–Trinajstić information content (AvgIpc) is 3.28. The van der Waals surface area contributed by atoms with Gasteiger partial charge in [0.1, 0.15) is 5.82 Å². The van der Waals surface area contributed by atoms with E-state index < -0.39 is 0 Å². The van der Waals surface area contributed by atoms with Crippen molar-refractivity contribution in [1.29, 1.82) is 0 Å². The molecule has 3 aromatic heterocycles. The number of anilines is 1. The Morgan fingerprint density at radius 3 is 2.82 bits per heavy atom. The van der Waals surface area contributed by atoms with Gasteiger partial charge in [0.2, 0.25) is 5.91 Å². The number of thioether (sulfide) groups is 1. The van der Waals surface area contributed by atoms with Crippen LogP contribution in [0.1, 0.15) is 0 Å². The van der Waals surface area contributed by atoms with Gasteiger partial charge in [-0.3, -0.25) is 9.20 Å². The zero-order chi connectivity index (χ0) is 19.7. The van der Waals surface area contributed by atoms with Gasteiger partial charge in [-0.1, -0.05) is 35.0 Å². The quantitative estimate of drug-likeness (QED) is 0.429. The molecule has 0 bridgehead atoms. The first-order chi connectivity index (χ1) is 13.5. The van der Waals surface area contributed by atoms with Crippen LogP contribution in [-0.4, -0.2) is 31.2 Å². The minimum atomic E-state index is -0.312. The van der Waals surface area contributed by atoms with Crippen LogP contribution in [0.15, 0.2) is 47.1 Å². The van der Waals surface area contributed by atoms with E-state index in [1.165, 1.54) is 35.2 Å². The van der Waals surface area contributed by atoms with Crippen molar-refractivity contribution < 1.29 is 9.18 Å². The van der Waals surface area contributed by atoms with Gasteiger partial charge in [-0.05, 0) is 30.3 Å². The molecule has 1 amide bonds. The van der Waals surface area contributed by atoms with Gasteiger partial charge in [0.25, 0.3) is 0 Å². The van der Waals surface area contributed by atoms with Crippen LogP contribution < -0.4 is 5.32 Å². The summed E-state index contributed by atoms with van der Waals surface area (Å²) in [5, 5.41) is 14.4. The number of hydrogen-bond donors (Lipinski definition) is 1. The second-order valence-corrected chi connectivity index (χ2v) is 8.21. The predicted molar refractivity (Wildman–Crippen MR) is 110 cm³/mol. The van der Waals surface area contributed by atoms with E-state index in [4.69, 9.17) is 23.2 Å². The number of amides is 1. The molecule has 6 nitrogen and oxygen atoms in total. The maximum Gasteiger partial charge on any atom is 0.236 e. The van der Waals surface area contributed by atoms with Crippen molar-refractivity contribution in [1.82, 2.24) is 19.6 Å². The predicted octanol–water partition coefficient (Wildman–Crippen LogP) is 5.03. The number of nitrogens with zero attached hydrogens (tertiary/aromatic N) is 4. The Morgan fingerprint density at radius 2 is 2.04 bits per heavy atom. The first kappa shape index (κ1) is 19.1. The Hall–Kier alpha value is -2.20. The van der Waals surface area contributed by atoms with Gasteiger partial charge in [0, 0.05) is 17.1 Å². The van der Waals surface area contributed by atoms with Crippen molar-refractivity contribution in [2.24, 2.45) is 0 Å². The van der Waals surface area contributed by atoms with Crippen molar-refractivity contribution in [3.05, 3.63) is 57.8 Å². The lowest BCUT2D eigenvalue weighted by atomic mass is 10.2. The normalized spacial score (nSPS) is 11.1. The highest BCUT2D eigenvalue weighted by molar-refractivity contribution is 7.99. The molecule has 0 aliphatic rings. The Kier molecular flexibility index (Phi) is 5.49. The zero-order valence-electron chi connectivity index (χ0n) is 13.9. The van der Waals surface area contributed by atoms with Gasteiger partial charge in [-0.15, -0.1) is 21.5 Å². The summed E-state index contributed by atoms with van der Waals surface area (Å²) in [5.74, 6) is -0.445. The molecule has 11 heteroatoms. The first-order valence-electron chi connectivity index (χ1n) is 7.83. The highest BCUT2D eigenvalue weighted by Gasteiger charge is 2.13. The molecular weight excluding hydrogens is 444 g/mol. The maximum atomic E-state index is 13.0. The third kappa shape index (κ3) is 4.12. The molecule has 0 spiro atoms. The summed E-state index contributed by atoms with van der Waals surface area (Å²) < 4.78 is 14.7. The number of fused-ring (bicyclic) bond motifs is 1. The van der Waals surface area contributed by atoms with Crippen molar-refractivity contribution in [3.8, 4) is 11.3 Å². The van der Waals surface area contributed by atoms with Crippen LogP contribution >= 0.6 is 46.3 Å². The van der Waals surface area contributed by atoms with E-state index in [1.54, 1.807) is 34.2 Å². The Morgan fingerprint density at radius 1 is 1.25 bits per heavy atom. The molecule has 1 aromatic carbocycles. The lowest BCUT2D eigenvalue weighted by molar-refractivity contribution is -0.113. The fraction of sp³-hybridized carbons (Fsp3) is 0.0588. The number of nitrogens with one attached hydrogen (secondary N) is 1. The second-order valence-electron chi connectivity index (χ2n) is 5.56. The molecule has 0 saturated carbocycles. The summed E-state index contributed by atoms with van der Waals surface area (Å²) in [6, 6.07) is 7.59. The number of carbonyl (C=O) groups excluding carboxylic acids is 1. The molecule has 0 aliphatic carbocycles. The van der Waals surface area contributed by atoms with E-state index in [0.29, 0.717) is 31.7 Å². The number of rotatable bonds is 5. The first-order valence-corrected chi connectivity index (χ1v) is 10.5. The molecule has 0 unspecified atom stereocenters. The fourth-order valence-electron chi connectivity index (χ4n) is 2.37. The number of thiazole rings is 1. The van der Waals surface area contributed by atoms with Gasteiger partial charge in [0.15, 0.2) is 15.9 Å². The molecule has 0 aliphatic heterocycles. The third-order valence-corrected chi connectivity index (χ3v) is 5.80. The number of benzene rings is 1. The Labute approximate surface area is 176 Å². The molecule has 4 rings (SSSR count). The topological polar surface area (TPSA) is 72.2 Å². The Bertz CT molecular complexity index is 1160. The zero-order valence-corrected chi connectivity index (χ0v) is 17.0. The van der Waals surface area contributed by atoms with Crippen molar-refractivity contribution >= 4 is 63.0 Å². The standard InChI is InChI=1S/C17H10Cl2FN5OS2/c18-10-5-12(19)15-23-24-17(25(15)6-10)28-8-14(26)22-16-21-13(7-27-16)9-1-3-11(20)4-2-9/h1-7H,8H2,(H,21,22,26). The second kappa shape index (κ2) is 8.04. The van der Waals surface area contributed by atoms with Crippen LogP contribution in [0.5, 0.6) is 0 Å². The summed E-state index contributed by atoms with van der Waals surface area (Å²) in [7, 11) is 0. The van der Waals surface area contributed by atoms with Crippen molar-refractivity contribution in [2.45, 2.75) is 5.16 Å². The summed E-state index contributed by atoms with van der Waals surface area (Å²) in [4.78, 5) is 16.6. The van der Waals surface area contributed by atoms with Crippen LogP contribution in [0.4, 0.5) is 9.52 Å². The summed E-state index contributed by atoms with van der Waals surface area (Å²) in [5.41, 5.74) is 1.91. The molecule has 3 heterocycles. The van der Waals surface area contributed by atoms with Crippen molar-refractivity contribution in [2.75, 3.05) is 11.1 Å². The smallest absolute Gasteiger partial charge is 0.236 e. The van der Waals surface area contributed by atoms with E-state index in [1.807, 2.05) is 0 Å². The number of pyridine rings is 1. The van der Waals surface area contributed by atoms with E-state index in [-0.39, 0.29) is 17.5 Å². The minimum absolute atomic E-state index is 0.108. The molecule has 142 valence electrons. The molecular formula is C17H10Cl2FN5OS2. The number of hydrogen-bond acceptors (Lipinski definition) is 6. The van der Waals surface area contributed by atoms with E-state index >= 15 is 0 Å². The van der Waals surface area contributed by atoms with Crippen LogP contribution in [0.3, 0.4) is 0 Å². The number of aromatic nitrogens is 4. The van der Waals surface area contributed by atoms with Crippen LogP contribution in [-0.2, 0) is 4.79 Å². The molecule has 0 saturated heterocycles. The fourth-order valence-corrected chi connectivity index (χ4v) is 4.32. The van der Waals surface area contributed by atoms with E-state index in [9.17, 15) is 9.18 Å².